The zero-order valence-corrected chi connectivity index (χ0v) is 38.2. The smallest absolute Gasteiger partial charge is 0.333 e. The average molecular weight is 923 g/mol. The first kappa shape index (κ1) is 49.4. The standard InChI is InChI=1S/C44H55N7O11S2/c1-43(2)33-29-31(63(56,57)58)19-21-35(33)49(27-12-6-10-17-39(52)46-25-14-26-47-48-45)37(43)15-8-5-9-16-38-44(3,4)34-30-32(64(59,60)61)20-22-36(34)50(38)28-13-7-11-18-42(55)62-51-40(53)23-24-41(51)54/h5,8-9,15-16,19-22,29-30H,6-7,10-14,17-18,23-28H2,1-4H3,(H2-,46,52,56,57,58,59,60,61)/p+1. The molecular weight excluding hydrogens is 867 g/mol. The van der Waals surface area contributed by atoms with Crippen molar-refractivity contribution in [1.29, 1.82) is 0 Å². The number of carbonyl (C=O) groups excluding carboxylic acids is 4. The molecule has 0 atom stereocenters. The Morgan fingerprint density at radius 1 is 0.844 bits per heavy atom. The number of allylic oxidation sites excluding steroid dienone is 6. The highest BCUT2D eigenvalue weighted by Crippen LogP contribution is 2.48. The Balaban J connectivity index is 1.32. The van der Waals surface area contributed by atoms with E-state index in [4.69, 9.17) is 10.4 Å². The van der Waals surface area contributed by atoms with Gasteiger partial charge in [-0.25, -0.2) is 4.79 Å². The van der Waals surface area contributed by atoms with E-state index < -0.39 is 48.8 Å². The normalized spacial score (nSPS) is 17.4. The molecule has 2 aromatic rings. The van der Waals surface area contributed by atoms with Gasteiger partial charge in [0.05, 0.1) is 15.2 Å². The van der Waals surface area contributed by atoms with Gasteiger partial charge in [0.15, 0.2) is 5.71 Å². The third-order valence-corrected chi connectivity index (χ3v) is 13.3. The van der Waals surface area contributed by atoms with E-state index in [1.807, 2.05) is 58.1 Å². The van der Waals surface area contributed by atoms with Crippen molar-refractivity contribution in [2.45, 2.75) is 119 Å². The highest BCUT2D eigenvalue weighted by Gasteiger charge is 2.45. The number of hydrogen-bond acceptors (Lipinski definition) is 11. The number of amides is 3. The predicted molar refractivity (Wildman–Crippen MR) is 238 cm³/mol. The Bertz CT molecular complexity index is 2540. The number of nitrogens with zero attached hydrogens (tertiary/aromatic N) is 6. The Kier molecular flexibility index (Phi) is 16.1. The quantitative estimate of drug-likeness (QED) is 0.0159. The highest BCUT2D eigenvalue weighted by molar-refractivity contribution is 7.86. The van der Waals surface area contributed by atoms with Crippen molar-refractivity contribution in [2.24, 2.45) is 5.11 Å². The minimum absolute atomic E-state index is 0.0104. The number of benzene rings is 2. The number of carbonyl (C=O) groups is 4. The lowest BCUT2D eigenvalue weighted by Gasteiger charge is -2.27. The van der Waals surface area contributed by atoms with Crippen molar-refractivity contribution in [2.75, 3.05) is 31.1 Å². The summed E-state index contributed by atoms with van der Waals surface area (Å²) in [5.41, 5.74) is 11.8. The van der Waals surface area contributed by atoms with E-state index in [0.717, 1.165) is 41.2 Å². The van der Waals surface area contributed by atoms with Gasteiger partial charge >= 0.3 is 5.97 Å². The van der Waals surface area contributed by atoms with E-state index in [1.165, 1.54) is 24.3 Å². The second kappa shape index (κ2) is 20.9. The van der Waals surface area contributed by atoms with Crippen LogP contribution in [0.25, 0.3) is 10.4 Å². The molecule has 3 N–H and O–H groups in total. The molecule has 64 heavy (non-hydrogen) atoms. The van der Waals surface area contributed by atoms with Crippen LogP contribution in [0.5, 0.6) is 0 Å². The summed E-state index contributed by atoms with van der Waals surface area (Å²) in [6, 6.07) is 9.06. The molecule has 0 unspecified atom stereocenters. The highest BCUT2D eigenvalue weighted by atomic mass is 32.2. The summed E-state index contributed by atoms with van der Waals surface area (Å²) in [4.78, 5) is 57.6. The average Bonchev–Trinajstić information content (AvgIpc) is 3.74. The van der Waals surface area contributed by atoms with Crippen LogP contribution in [0.2, 0.25) is 0 Å². The second-order valence-corrected chi connectivity index (χ2v) is 19.7. The summed E-state index contributed by atoms with van der Waals surface area (Å²) in [7, 11) is -8.94. The Labute approximate surface area is 373 Å². The van der Waals surface area contributed by atoms with Gasteiger partial charge in [0.2, 0.25) is 11.6 Å². The van der Waals surface area contributed by atoms with Crippen LogP contribution in [0.3, 0.4) is 0 Å². The molecule has 0 bridgehead atoms. The third-order valence-electron chi connectivity index (χ3n) is 11.6. The molecule has 3 amide bonds. The number of nitrogens with one attached hydrogen (secondary N) is 1. The molecule has 3 aliphatic heterocycles. The van der Waals surface area contributed by atoms with E-state index >= 15 is 0 Å². The number of unbranched alkanes of at least 4 members (excludes halogenated alkanes) is 4. The lowest BCUT2D eigenvalue weighted by molar-refractivity contribution is -0.438. The summed E-state index contributed by atoms with van der Waals surface area (Å²) in [6.07, 6.45) is 14.2. The van der Waals surface area contributed by atoms with E-state index in [0.29, 0.717) is 75.3 Å². The number of imide groups is 1. The molecule has 20 heteroatoms. The number of fused-ring (bicyclic) bond motifs is 2. The van der Waals surface area contributed by atoms with E-state index in [-0.39, 0.29) is 35.0 Å². The summed E-state index contributed by atoms with van der Waals surface area (Å²) < 4.78 is 70.4. The van der Waals surface area contributed by atoms with Gasteiger partial charge < -0.3 is 15.1 Å². The van der Waals surface area contributed by atoms with Gasteiger partial charge in [0.25, 0.3) is 32.1 Å². The van der Waals surface area contributed by atoms with Crippen molar-refractivity contribution >= 4 is 61.0 Å². The summed E-state index contributed by atoms with van der Waals surface area (Å²) in [6.45, 7) is 9.70. The molecular formula is C44H56N7O11S2+. The van der Waals surface area contributed by atoms with Crippen molar-refractivity contribution in [3.63, 3.8) is 0 Å². The first-order valence-electron chi connectivity index (χ1n) is 21.2. The fourth-order valence-corrected chi connectivity index (χ4v) is 9.25. The van der Waals surface area contributed by atoms with Gasteiger partial charge in [0, 0.05) is 91.2 Å². The molecule has 0 spiro atoms. The fourth-order valence-electron chi connectivity index (χ4n) is 8.23. The molecule has 1 saturated heterocycles. The fraction of sp³-hybridized carbons (Fsp3) is 0.477. The SMILES string of the molecule is CC1(C)C(=CC=CC=CC2=[N+](CCCCCC(=O)NCCCN=[N+]=[N-])c3ccc(S(=O)(=O)O)cc3C2(C)C)N(CCCCCC(=O)ON2C(=O)CCC2=O)c2ccc(S(=O)(=O)O)cc21. The van der Waals surface area contributed by atoms with Crippen LogP contribution in [0.4, 0.5) is 11.4 Å². The van der Waals surface area contributed by atoms with Crippen molar-refractivity contribution in [1.82, 2.24) is 10.4 Å². The van der Waals surface area contributed by atoms with Gasteiger partial charge in [-0.1, -0.05) is 43.6 Å². The number of hydrogen-bond donors (Lipinski definition) is 3. The summed E-state index contributed by atoms with van der Waals surface area (Å²) >= 11 is 0. The van der Waals surface area contributed by atoms with Crippen LogP contribution < -0.4 is 10.2 Å². The van der Waals surface area contributed by atoms with E-state index in [9.17, 15) is 45.1 Å². The maximum Gasteiger partial charge on any atom is 0.333 e. The molecule has 0 aromatic heterocycles. The van der Waals surface area contributed by atoms with Crippen molar-refractivity contribution < 1.29 is 54.5 Å². The molecule has 344 valence electrons. The van der Waals surface area contributed by atoms with Gasteiger partial charge in [-0.15, -0.1) is 5.06 Å². The van der Waals surface area contributed by atoms with E-state index in [2.05, 4.69) is 24.8 Å². The second-order valence-electron chi connectivity index (χ2n) is 16.9. The lowest BCUT2D eigenvalue weighted by Crippen LogP contribution is -2.32. The van der Waals surface area contributed by atoms with Crippen LogP contribution in [-0.2, 0) is 55.1 Å². The number of rotatable bonds is 22. The van der Waals surface area contributed by atoms with E-state index in [1.54, 1.807) is 12.1 Å². The lowest BCUT2D eigenvalue weighted by atomic mass is 9.81. The number of hydroxylamine groups is 2. The molecule has 2 aromatic carbocycles. The Morgan fingerprint density at radius 2 is 1.48 bits per heavy atom. The maximum absolute atomic E-state index is 12.4. The van der Waals surface area contributed by atoms with Gasteiger partial charge in [-0.05, 0) is 93.5 Å². The topological polar surface area (TPSA) is 257 Å². The Hall–Kier alpha value is -5.66. The molecule has 5 rings (SSSR count). The zero-order chi connectivity index (χ0) is 46.9. The molecule has 0 aliphatic carbocycles. The molecule has 3 heterocycles. The third kappa shape index (κ3) is 11.9. The maximum atomic E-state index is 12.4. The molecule has 0 radical (unpaired) electrons. The van der Waals surface area contributed by atoms with Crippen LogP contribution >= 0.6 is 0 Å². The van der Waals surface area contributed by atoms with Crippen LogP contribution in [-0.4, -0.2) is 91.2 Å². The number of anilines is 1. The van der Waals surface area contributed by atoms with Crippen LogP contribution in [0.15, 0.2) is 87.4 Å². The predicted octanol–water partition coefficient (Wildman–Crippen LogP) is 6.89. The van der Waals surface area contributed by atoms with Crippen molar-refractivity contribution in [3.05, 3.63) is 94.0 Å². The van der Waals surface area contributed by atoms with Crippen molar-refractivity contribution in [3.8, 4) is 0 Å². The minimum atomic E-state index is -4.48. The molecule has 3 aliphatic rings. The molecule has 1 fully saturated rings. The summed E-state index contributed by atoms with van der Waals surface area (Å²) in [5.74, 6) is -1.83. The monoisotopic (exact) mass is 922 g/mol. The van der Waals surface area contributed by atoms with Gasteiger partial charge in [-0.3, -0.25) is 23.5 Å². The zero-order valence-electron chi connectivity index (χ0n) is 36.5. The number of azide groups is 1. The van der Waals surface area contributed by atoms with Crippen LogP contribution in [0.1, 0.15) is 109 Å². The first-order chi connectivity index (χ1) is 30.2. The van der Waals surface area contributed by atoms with Gasteiger partial charge in [0.1, 0.15) is 6.54 Å². The molecule has 0 saturated carbocycles. The minimum Gasteiger partial charge on any atom is -0.356 e. The summed E-state index contributed by atoms with van der Waals surface area (Å²) in [5, 5.41) is 6.82. The van der Waals surface area contributed by atoms with Crippen LogP contribution in [0, 0.1) is 0 Å². The largest absolute Gasteiger partial charge is 0.356 e. The molecule has 18 nitrogen and oxygen atoms in total. The van der Waals surface area contributed by atoms with Gasteiger partial charge in [-0.2, -0.15) is 21.4 Å². The Morgan fingerprint density at radius 3 is 2.16 bits per heavy atom. The first-order valence-corrected chi connectivity index (χ1v) is 24.1.